The SMILES string of the molecule is CCOC=C(C(C)=O)C(=O)O.Nc1ccc(C(F)(F)F)cc1. The second-order valence-corrected chi connectivity index (χ2v) is 3.97. The van der Waals surface area contributed by atoms with Crippen molar-refractivity contribution in [3.8, 4) is 0 Å². The fourth-order valence-electron chi connectivity index (χ4n) is 1.12. The van der Waals surface area contributed by atoms with Gasteiger partial charge in [-0.3, -0.25) is 4.79 Å². The van der Waals surface area contributed by atoms with Crippen LogP contribution >= 0.6 is 0 Å². The highest BCUT2D eigenvalue weighted by Crippen LogP contribution is 2.29. The molecule has 0 saturated heterocycles. The van der Waals surface area contributed by atoms with E-state index >= 15 is 0 Å². The van der Waals surface area contributed by atoms with Crippen LogP contribution in [0.15, 0.2) is 36.1 Å². The minimum absolute atomic E-state index is 0.327. The van der Waals surface area contributed by atoms with E-state index in [0.29, 0.717) is 12.3 Å². The molecule has 0 saturated carbocycles. The lowest BCUT2D eigenvalue weighted by Gasteiger charge is -2.05. The quantitative estimate of drug-likeness (QED) is 0.293. The van der Waals surface area contributed by atoms with Crippen molar-refractivity contribution in [2.45, 2.75) is 20.0 Å². The van der Waals surface area contributed by atoms with Gasteiger partial charge < -0.3 is 15.6 Å². The summed E-state index contributed by atoms with van der Waals surface area (Å²) >= 11 is 0. The first kappa shape index (κ1) is 19.5. The fourth-order valence-corrected chi connectivity index (χ4v) is 1.12. The summed E-state index contributed by atoms with van der Waals surface area (Å²) in [7, 11) is 0. The molecule has 0 spiro atoms. The number of hydrogen-bond donors (Lipinski definition) is 2. The maximum Gasteiger partial charge on any atom is 0.416 e. The Morgan fingerprint density at radius 2 is 1.77 bits per heavy atom. The zero-order chi connectivity index (χ0) is 17.3. The Bertz CT molecular complexity index is 520. The highest BCUT2D eigenvalue weighted by molar-refractivity contribution is 6.15. The molecule has 0 heterocycles. The molecule has 0 atom stereocenters. The first-order chi connectivity index (χ1) is 10.1. The number of rotatable bonds is 4. The van der Waals surface area contributed by atoms with E-state index in [9.17, 15) is 22.8 Å². The van der Waals surface area contributed by atoms with Crippen LogP contribution in [0.1, 0.15) is 19.4 Å². The number of benzene rings is 1. The van der Waals surface area contributed by atoms with Crippen molar-refractivity contribution in [1.82, 2.24) is 0 Å². The summed E-state index contributed by atoms with van der Waals surface area (Å²) in [6.45, 7) is 3.24. The van der Waals surface area contributed by atoms with Gasteiger partial charge in [0.25, 0.3) is 0 Å². The van der Waals surface area contributed by atoms with Crippen molar-refractivity contribution < 1.29 is 32.6 Å². The molecule has 8 heteroatoms. The van der Waals surface area contributed by atoms with Crippen LogP contribution in [0, 0.1) is 0 Å². The summed E-state index contributed by atoms with van der Waals surface area (Å²) in [5.41, 5.74) is 4.53. The smallest absolute Gasteiger partial charge is 0.416 e. The second-order valence-electron chi connectivity index (χ2n) is 3.97. The van der Waals surface area contributed by atoms with Gasteiger partial charge in [0.05, 0.1) is 12.2 Å². The van der Waals surface area contributed by atoms with Crippen molar-refractivity contribution in [2.24, 2.45) is 0 Å². The number of ketones is 1. The number of carboxylic acids is 1. The molecule has 0 unspecified atom stereocenters. The molecule has 0 aliphatic carbocycles. The van der Waals surface area contributed by atoms with Gasteiger partial charge in [-0.25, -0.2) is 4.79 Å². The predicted molar refractivity (Wildman–Crippen MR) is 73.9 cm³/mol. The number of Topliss-reactive ketones (excluding diaryl/α,β-unsaturated/α-hetero) is 1. The zero-order valence-electron chi connectivity index (χ0n) is 12.0. The molecule has 1 aromatic rings. The highest BCUT2D eigenvalue weighted by Gasteiger charge is 2.29. The van der Waals surface area contributed by atoms with Crippen molar-refractivity contribution >= 4 is 17.4 Å². The fraction of sp³-hybridized carbons (Fsp3) is 0.286. The van der Waals surface area contributed by atoms with Crippen LogP contribution in [0.4, 0.5) is 18.9 Å². The summed E-state index contributed by atoms with van der Waals surface area (Å²) < 4.78 is 40.3. The maximum atomic E-state index is 11.9. The number of halogens is 3. The number of nitrogen functional groups attached to an aromatic ring is 1. The largest absolute Gasteiger partial charge is 0.500 e. The van der Waals surface area contributed by atoms with Gasteiger partial charge in [0.2, 0.25) is 0 Å². The second kappa shape index (κ2) is 8.71. The van der Waals surface area contributed by atoms with E-state index in [0.717, 1.165) is 18.4 Å². The zero-order valence-corrected chi connectivity index (χ0v) is 12.0. The third-order valence-electron chi connectivity index (χ3n) is 2.22. The number of carbonyl (C=O) groups excluding carboxylic acids is 1. The van der Waals surface area contributed by atoms with Gasteiger partial charge in [0.15, 0.2) is 5.78 Å². The number of aliphatic carboxylic acids is 1. The van der Waals surface area contributed by atoms with Gasteiger partial charge in [-0.2, -0.15) is 13.2 Å². The average Bonchev–Trinajstić information content (AvgIpc) is 2.38. The topological polar surface area (TPSA) is 89.6 Å². The molecule has 22 heavy (non-hydrogen) atoms. The minimum Gasteiger partial charge on any atom is -0.500 e. The van der Waals surface area contributed by atoms with E-state index in [1.165, 1.54) is 19.1 Å². The molecule has 3 N–H and O–H groups in total. The number of ether oxygens (including phenoxy) is 1. The van der Waals surface area contributed by atoms with Crippen LogP contribution in [0.3, 0.4) is 0 Å². The monoisotopic (exact) mass is 319 g/mol. The third kappa shape index (κ3) is 7.32. The summed E-state index contributed by atoms with van der Waals surface area (Å²) in [5, 5.41) is 8.40. The molecular weight excluding hydrogens is 303 g/mol. The molecule has 0 aliphatic rings. The van der Waals surface area contributed by atoms with Crippen LogP contribution < -0.4 is 5.73 Å². The number of alkyl halides is 3. The molecule has 0 amide bonds. The van der Waals surface area contributed by atoms with Gasteiger partial charge in [0.1, 0.15) is 11.8 Å². The van der Waals surface area contributed by atoms with Gasteiger partial charge in [0, 0.05) is 5.69 Å². The molecule has 0 aromatic heterocycles. The Balaban J connectivity index is 0.000000401. The standard InChI is InChI=1S/C7H6F3N.C7H10O4/c8-7(9,10)5-1-3-6(11)4-2-5;1-3-11-4-6(5(2)8)7(9)10/h1-4H,11H2;4H,3H2,1-2H3,(H,9,10). The molecule has 0 fully saturated rings. The summed E-state index contributed by atoms with van der Waals surface area (Å²) in [5.74, 6) is -1.77. The van der Waals surface area contributed by atoms with Crippen molar-refractivity contribution in [3.63, 3.8) is 0 Å². The lowest BCUT2D eigenvalue weighted by Crippen LogP contribution is -2.09. The molecule has 0 radical (unpaired) electrons. The highest BCUT2D eigenvalue weighted by atomic mass is 19.4. The van der Waals surface area contributed by atoms with E-state index in [1.54, 1.807) is 6.92 Å². The van der Waals surface area contributed by atoms with E-state index in [-0.39, 0.29) is 5.57 Å². The van der Waals surface area contributed by atoms with Crippen LogP contribution in [-0.4, -0.2) is 23.5 Å². The summed E-state index contributed by atoms with van der Waals surface area (Å²) in [6, 6.07) is 4.36. The lowest BCUT2D eigenvalue weighted by atomic mass is 10.2. The van der Waals surface area contributed by atoms with Crippen molar-refractivity contribution in [1.29, 1.82) is 0 Å². The predicted octanol–water partition coefficient (Wildman–Crippen LogP) is 2.87. The molecule has 122 valence electrons. The Morgan fingerprint density at radius 1 is 1.27 bits per heavy atom. The van der Waals surface area contributed by atoms with Crippen LogP contribution in [0.2, 0.25) is 0 Å². The molecule has 5 nitrogen and oxygen atoms in total. The number of anilines is 1. The molecule has 1 aromatic carbocycles. The van der Waals surface area contributed by atoms with E-state index in [2.05, 4.69) is 4.74 Å². The van der Waals surface area contributed by atoms with Crippen LogP contribution in [0.5, 0.6) is 0 Å². The van der Waals surface area contributed by atoms with Gasteiger partial charge in [-0.05, 0) is 38.1 Å². The third-order valence-corrected chi connectivity index (χ3v) is 2.22. The first-order valence-corrected chi connectivity index (χ1v) is 6.08. The summed E-state index contributed by atoms with van der Waals surface area (Å²) in [6.07, 6.45) is -3.31. The van der Waals surface area contributed by atoms with Crippen LogP contribution in [0.25, 0.3) is 0 Å². The number of nitrogens with two attached hydrogens (primary N) is 1. The van der Waals surface area contributed by atoms with Crippen molar-refractivity contribution in [2.75, 3.05) is 12.3 Å². The Morgan fingerprint density at radius 3 is 2.09 bits per heavy atom. The van der Waals surface area contributed by atoms with Crippen molar-refractivity contribution in [3.05, 3.63) is 41.7 Å². The summed E-state index contributed by atoms with van der Waals surface area (Å²) in [4.78, 5) is 20.8. The van der Waals surface area contributed by atoms with E-state index in [1.807, 2.05) is 0 Å². The van der Waals surface area contributed by atoms with Gasteiger partial charge in [-0.1, -0.05) is 0 Å². The lowest BCUT2D eigenvalue weighted by molar-refractivity contribution is -0.138. The average molecular weight is 319 g/mol. The number of hydrogen-bond acceptors (Lipinski definition) is 4. The molecular formula is C14H16F3NO4. The van der Waals surface area contributed by atoms with E-state index < -0.39 is 23.5 Å². The number of carbonyl (C=O) groups is 2. The van der Waals surface area contributed by atoms with Gasteiger partial charge in [-0.15, -0.1) is 0 Å². The normalized spacial score (nSPS) is 11.2. The molecule has 0 aliphatic heterocycles. The Hall–Kier alpha value is -2.51. The maximum absolute atomic E-state index is 11.9. The minimum atomic E-state index is -4.27. The molecule has 0 bridgehead atoms. The van der Waals surface area contributed by atoms with Gasteiger partial charge >= 0.3 is 12.1 Å². The first-order valence-electron chi connectivity index (χ1n) is 6.08. The molecule has 1 rings (SSSR count). The van der Waals surface area contributed by atoms with E-state index in [4.69, 9.17) is 10.8 Å². The Kier molecular flexibility index (Phi) is 7.71. The van der Waals surface area contributed by atoms with Crippen LogP contribution in [-0.2, 0) is 20.5 Å². The number of carboxylic acid groups (broad SMARTS) is 1. The Labute approximate surface area is 125 Å².